The highest BCUT2D eigenvalue weighted by atomic mass is 32.2. The van der Waals surface area contributed by atoms with Gasteiger partial charge in [-0.15, -0.1) is 0 Å². The van der Waals surface area contributed by atoms with Gasteiger partial charge in [0.05, 0.1) is 11.1 Å². The summed E-state index contributed by atoms with van der Waals surface area (Å²) < 4.78 is 9.68. The van der Waals surface area contributed by atoms with Crippen LogP contribution in [0.3, 0.4) is 0 Å². The summed E-state index contributed by atoms with van der Waals surface area (Å²) in [6.45, 7) is 1.75. The fourth-order valence-corrected chi connectivity index (χ4v) is 2.80. The monoisotopic (exact) mass is 376 g/mol. The zero-order chi connectivity index (χ0) is 18.3. The molecule has 132 valence electrons. The molecule has 0 heterocycles. The van der Waals surface area contributed by atoms with E-state index in [9.17, 15) is 9.59 Å². The first-order valence-electron chi connectivity index (χ1n) is 7.87. The van der Waals surface area contributed by atoms with Crippen LogP contribution >= 0.6 is 25.3 Å². The molecule has 0 saturated carbocycles. The topological polar surface area (TPSA) is 52.6 Å². The van der Waals surface area contributed by atoms with E-state index in [0.717, 1.165) is 0 Å². The molecule has 0 aliphatic heterocycles. The van der Waals surface area contributed by atoms with Gasteiger partial charge in [0.2, 0.25) is 0 Å². The predicted molar refractivity (Wildman–Crippen MR) is 103 cm³/mol. The second kappa shape index (κ2) is 8.97. The Kier molecular flexibility index (Phi) is 6.96. The van der Waals surface area contributed by atoms with Crippen LogP contribution in [0, 0.1) is 0 Å². The Bertz CT molecular complexity index is 702. The lowest BCUT2D eigenvalue weighted by atomic mass is 10.1. The summed E-state index contributed by atoms with van der Waals surface area (Å²) in [5, 5.41) is 0. The van der Waals surface area contributed by atoms with E-state index in [2.05, 4.69) is 25.3 Å². The van der Waals surface area contributed by atoms with Crippen molar-refractivity contribution in [2.45, 2.75) is 23.5 Å². The summed E-state index contributed by atoms with van der Waals surface area (Å²) in [5.41, 5.74) is 0.883. The quantitative estimate of drug-likeness (QED) is 0.435. The van der Waals surface area contributed by atoms with Crippen molar-refractivity contribution in [2.24, 2.45) is 0 Å². The van der Waals surface area contributed by atoms with Crippen LogP contribution in [0.15, 0.2) is 60.7 Å². The van der Waals surface area contributed by atoms with Gasteiger partial charge in [0, 0.05) is 0 Å². The van der Waals surface area contributed by atoms with Gasteiger partial charge in [-0.1, -0.05) is 43.3 Å². The average molecular weight is 376 g/mol. The minimum Gasteiger partial charge on any atom is -0.460 e. The number of carbonyl (C=O) groups is 2. The number of carbonyl (C=O) groups excluding carboxylic acids is 2. The zero-order valence-corrected chi connectivity index (χ0v) is 15.6. The third-order valence-corrected chi connectivity index (χ3v) is 4.40. The standard InChI is InChI=1S/C19H20O4S2/c1-2-16(23-18(21)15-11-7-4-8-12-15)19(24,25)13-22-17(20)14-9-5-3-6-10-14/h3-12,16,24-25H,2,13H2,1H3. The zero-order valence-electron chi connectivity index (χ0n) is 13.8. The Labute approximate surface area is 158 Å². The molecule has 2 aromatic rings. The first kappa shape index (κ1) is 19.4. The lowest BCUT2D eigenvalue weighted by Gasteiger charge is -2.30. The molecule has 2 rings (SSSR count). The predicted octanol–water partition coefficient (Wildman–Crippen LogP) is 4.03. The molecular weight excluding hydrogens is 356 g/mol. The molecule has 0 bridgehead atoms. The van der Waals surface area contributed by atoms with Gasteiger partial charge in [-0.05, 0) is 30.7 Å². The van der Waals surface area contributed by atoms with Crippen molar-refractivity contribution in [1.82, 2.24) is 0 Å². The van der Waals surface area contributed by atoms with Crippen LogP contribution in [-0.4, -0.2) is 28.7 Å². The fraction of sp³-hybridized carbons (Fsp3) is 0.263. The molecule has 0 amide bonds. The van der Waals surface area contributed by atoms with Gasteiger partial charge in [0.1, 0.15) is 16.8 Å². The van der Waals surface area contributed by atoms with Gasteiger partial charge in [0.25, 0.3) is 0 Å². The molecule has 0 saturated heterocycles. The molecule has 0 aliphatic carbocycles. The molecule has 0 aliphatic rings. The molecule has 1 atom stereocenters. The molecular formula is C19H20O4S2. The number of ether oxygens (including phenoxy) is 2. The number of thiol groups is 2. The lowest BCUT2D eigenvalue weighted by molar-refractivity contribution is 0.0166. The summed E-state index contributed by atoms with van der Waals surface area (Å²) in [7, 11) is 0. The van der Waals surface area contributed by atoms with Crippen LogP contribution in [0.2, 0.25) is 0 Å². The van der Waals surface area contributed by atoms with Crippen molar-refractivity contribution < 1.29 is 19.1 Å². The summed E-state index contributed by atoms with van der Waals surface area (Å²) in [6.07, 6.45) is -0.149. The Morgan fingerprint density at radius 2 is 1.40 bits per heavy atom. The molecule has 4 nitrogen and oxygen atoms in total. The molecule has 0 N–H and O–H groups in total. The third-order valence-electron chi connectivity index (χ3n) is 3.57. The Morgan fingerprint density at radius 1 is 0.920 bits per heavy atom. The minimum atomic E-state index is -1.11. The van der Waals surface area contributed by atoms with Crippen molar-refractivity contribution in [2.75, 3.05) is 6.61 Å². The van der Waals surface area contributed by atoms with E-state index in [4.69, 9.17) is 9.47 Å². The molecule has 0 radical (unpaired) electrons. The van der Waals surface area contributed by atoms with Crippen LogP contribution in [0.1, 0.15) is 34.1 Å². The van der Waals surface area contributed by atoms with Gasteiger partial charge in [-0.25, -0.2) is 9.59 Å². The maximum absolute atomic E-state index is 12.2. The van der Waals surface area contributed by atoms with Gasteiger partial charge in [-0.3, -0.25) is 0 Å². The first-order valence-corrected chi connectivity index (χ1v) is 8.76. The first-order chi connectivity index (χ1) is 11.9. The van der Waals surface area contributed by atoms with E-state index in [1.165, 1.54) is 0 Å². The third kappa shape index (κ3) is 5.54. The highest BCUT2D eigenvalue weighted by Crippen LogP contribution is 2.30. The second-order valence-corrected chi connectivity index (χ2v) is 7.44. The highest BCUT2D eigenvalue weighted by Gasteiger charge is 2.35. The van der Waals surface area contributed by atoms with Crippen LogP contribution in [-0.2, 0) is 9.47 Å². The van der Waals surface area contributed by atoms with E-state index < -0.39 is 22.1 Å². The summed E-state index contributed by atoms with van der Waals surface area (Å²) in [5.74, 6) is -0.938. The van der Waals surface area contributed by atoms with Crippen LogP contribution in [0.25, 0.3) is 0 Å². The number of hydrogen-bond acceptors (Lipinski definition) is 6. The van der Waals surface area contributed by atoms with Crippen molar-refractivity contribution in [1.29, 1.82) is 0 Å². The average Bonchev–Trinajstić information content (AvgIpc) is 2.65. The molecule has 6 heteroatoms. The smallest absolute Gasteiger partial charge is 0.338 e. The van der Waals surface area contributed by atoms with Crippen molar-refractivity contribution in [3.8, 4) is 0 Å². The normalized spacial score (nSPS) is 12.3. The van der Waals surface area contributed by atoms with E-state index in [1.54, 1.807) is 48.5 Å². The molecule has 1 unspecified atom stereocenters. The van der Waals surface area contributed by atoms with E-state index in [0.29, 0.717) is 17.5 Å². The molecule has 0 aromatic heterocycles. The fourth-order valence-electron chi connectivity index (χ4n) is 2.20. The largest absolute Gasteiger partial charge is 0.460 e. The number of hydrogen-bond donors (Lipinski definition) is 2. The van der Waals surface area contributed by atoms with Gasteiger partial charge >= 0.3 is 11.9 Å². The maximum Gasteiger partial charge on any atom is 0.338 e. The molecule has 25 heavy (non-hydrogen) atoms. The van der Waals surface area contributed by atoms with Gasteiger partial charge in [0.15, 0.2) is 0 Å². The summed E-state index contributed by atoms with van der Waals surface area (Å²) in [4.78, 5) is 24.3. The maximum atomic E-state index is 12.2. The number of benzene rings is 2. The lowest BCUT2D eigenvalue weighted by Crippen LogP contribution is -2.40. The van der Waals surface area contributed by atoms with Crippen molar-refractivity contribution >= 4 is 37.2 Å². The summed E-state index contributed by atoms with van der Waals surface area (Å²) in [6, 6.07) is 17.3. The van der Waals surface area contributed by atoms with Crippen LogP contribution < -0.4 is 0 Å². The van der Waals surface area contributed by atoms with Crippen molar-refractivity contribution in [3.05, 3.63) is 71.8 Å². The Balaban J connectivity index is 1.98. The van der Waals surface area contributed by atoms with Gasteiger partial charge < -0.3 is 9.47 Å². The Hall–Kier alpha value is -1.92. The second-order valence-electron chi connectivity index (χ2n) is 5.49. The number of rotatable bonds is 7. The molecule has 0 spiro atoms. The van der Waals surface area contributed by atoms with Crippen molar-refractivity contribution in [3.63, 3.8) is 0 Å². The highest BCUT2D eigenvalue weighted by molar-refractivity contribution is 8.00. The summed E-state index contributed by atoms with van der Waals surface area (Å²) >= 11 is 8.89. The molecule has 2 aromatic carbocycles. The SMILES string of the molecule is CCC(OC(=O)c1ccccc1)C(S)(S)COC(=O)c1ccccc1. The van der Waals surface area contributed by atoms with Crippen LogP contribution in [0.4, 0.5) is 0 Å². The van der Waals surface area contributed by atoms with Gasteiger partial charge in [-0.2, -0.15) is 25.3 Å². The van der Waals surface area contributed by atoms with Crippen LogP contribution in [0.5, 0.6) is 0 Å². The van der Waals surface area contributed by atoms with E-state index in [1.807, 2.05) is 19.1 Å². The molecule has 0 fully saturated rings. The Morgan fingerprint density at radius 3 is 1.88 bits per heavy atom. The van der Waals surface area contributed by atoms with E-state index in [-0.39, 0.29) is 6.61 Å². The number of esters is 2. The minimum absolute atomic E-state index is 0.104. The van der Waals surface area contributed by atoms with E-state index >= 15 is 0 Å².